The van der Waals surface area contributed by atoms with Crippen molar-refractivity contribution in [1.29, 1.82) is 0 Å². The van der Waals surface area contributed by atoms with Gasteiger partial charge in [-0.1, -0.05) is 30.3 Å². The summed E-state index contributed by atoms with van der Waals surface area (Å²) in [4.78, 5) is 28.2. The molecule has 8 heteroatoms. The van der Waals surface area contributed by atoms with E-state index >= 15 is 0 Å². The number of nitrogens with zero attached hydrogens (tertiary/aromatic N) is 2. The highest BCUT2D eigenvalue weighted by molar-refractivity contribution is 6.24. The van der Waals surface area contributed by atoms with Crippen LogP contribution in [-0.2, 0) is 4.79 Å². The number of nitro groups is 1. The van der Waals surface area contributed by atoms with Crippen molar-refractivity contribution in [1.82, 2.24) is 0 Å². The topological polar surface area (TPSA) is 103 Å². The van der Waals surface area contributed by atoms with Gasteiger partial charge in [0.05, 0.1) is 30.5 Å². The van der Waals surface area contributed by atoms with Crippen LogP contribution in [0.5, 0.6) is 11.5 Å². The molecular formula is C23H19N3O5. The molecule has 1 aliphatic heterocycles. The number of amides is 1. The molecule has 31 heavy (non-hydrogen) atoms. The first-order valence-electron chi connectivity index (χ1n) is 9.47. The quantitative estimate of drug-likeness (QED) is 0.362. The molecule has 1 heterocycles. The Hall–Kier alpha value is -4.20. The van der Waals surface area contributed by atoms with Crippen LogP contribution < -0.4 is 14.8 Å². The summed E-state index contributed by atoms with van der Waals surface area (Å²) in [5.41, 5.74) is 3.11. The molecule has 0 fully saturated rings. The average molecular weight is 417 g/mol. The lowest BCUT2D eigenvalue weighted by Crippen LogP contribution is -2.22. The Morgan fingerprint density at radius 3 is 2.26 bits per heavy atom. The van der Waals surface area contributed by atoms with Crippen molar-refractivity contribution in [3.63, 3.8) is 0 Å². The maximum absolute atomic E-state index is 13.0. The molecule has 3 aromatic rings. The minimum absolute atomic E-state index is 0.0269. The molecule has 3 aromatic carbocycles. The number of hydrogen-bond acceptors (Lipinski definition) is 6. The largest absolute Gasteiger partial charge is 0.493 e. The normalized spacial score (nSPS) is 15.2. The Kier molecular flexibility index (Phi) is 5.36. The predicted molar refractivity (Wildman–Crippen MR) is 117 cm³/mol. The highest BCUT2D eigenvalue weighted by Gasteiger charge is 2.36. The molecule has 1 unspecified atom stereocenters. The Morgan fingerprint density at radius 1 is 1.00 bits per heavy atom. The molecule has 8 nitrogen and oxygen atoms in total. The van der Waals surface area contributed by atoms with Gasteiger partial charge in [-0.25, -0.2) is 0 Å². The number of rotatable bonds is 6. The maximum atomic E-state index is 13.0. The Bertz CT molecular complexity index is 1170. The van der Waals surface area contributed by atoms with E-state index in [2.05, 4.69) is 5.32 Å². The summed E-state index contributed by atoms with van der Waals surface area (Å²) in [7, 11) is 3.07. The molecule has 0 radical (unpaired) electrons. The van der Waals surface area contributed by atoms with Gasteiger partial charge in [-0.2, -0.15) is 0 Å². The van der Waals surface area contributed by atoms with Gasteiger partial charge in [0.1, 0.15) is 5.92 Å². The summed E-state index contributed by atoms with van der Waals surface area (Å²) in [6, 6.07) is 18.7. The van der Waals surface area contributed by atoms with E-state index in [9.17, 15) is 14.9 Å². The zero-order chi connectivity index (χ0) is 22.0. The lowest BCUT2D eigenvalue weighted by Gasteiger charge is -2.15. The number of ether oxygens (including phenoxy) is 2. The minimum Gasteiger partial charge on any atom is -0.493 e. The third-order valence-electron chi connectivity index (χ3n) is 5.04. The number of non-ortho nitro benzene ring substituents is 1. The number of benzene rings is 3. The van der Waals surface area contributed by atoms with E-state index in [-0.39, 0.29) is 11.6 Å². The van der Waals surface area contributed by atoms with Crippen molar-refractivity contribution in [3.05, 3.63) is 88.0 Å². The number of methoxy groups -OCH3 is 2. The van der Waals surface area contributed by atoms with Gasteiger partial charge in [0.2, 0.25) is 5.91 Å². The van der Waals surface area contributed by atoms with E-state index in [0.29, 0.717) is 34.1 Å². The van der Waals surface area contributed by atoms with E-state index < -0.39 is 10.8 Å². The number of hydrogen-bond donors (Lipinski definition) is 1. The molecule has 1 aliphatic rings. The molecule has 0 bridgehead atoms. The first-order chi connectivity index (χ1) is 15.0. The second kappa shape index (κ2) is 8.27. The number of fused-ring (bicyclic) bond motifs is 1. The Labute approximate surface area is 178 Å². The van der Waals surface area contributed by atoms with Crippen LogP contribution in [0.1, 0.15) is 17.0 Å². The molecule has 0 saturated carbocycles. The van der Waals surface area contributed by atoms with Crippen LogP contribution in [0.4, 0.5) is 17.1 Å². The number of nitrogens with one attached hydrogen (secondary N) is 1. The number of anilines is 1. The van der Waals surface area contributed by atoms with Crippen LogP contribution in [0.25, 0.3) is 0 Å². The fraction of sp³-hybridized carbons (Fsp3) is 0.130. The highest BCUT2D eigenvalue weighted by Crippen LogP contribution is 2.42. The lowest BCUT2D eigenvalue weighted by atomic mass is 9.90. The van der Waals surface area contributed by atoms with Crippen LogP contribution in [-0.4, -0.2) is 30.8 Å². The van der Waals surface area contributed by atoms with E-state index in [1.54, 1.807) is 24.3 Å². The summed E-state index contributed by atoms with van der Waals surface area (Å²) in [5.74, 6) is 0.100. The highest BCUT2D eigenvalue weighted by atomic mass is 16.6. The van der Waals surface area contributed by atoms with Crippen LogP contribution in [0, 0.1) is 10.1 Å². The molecule has 1 atom stereocenters. The first kappa shape index (κ1) is 20.1. The molecule has 0 spiro atoms. The second-order valence-electron chi connectivity index (χ2n) is 6.85. The van der Waals surface area contributed by atoms with Crippen molar-refractivity contribution in [2.24, 2.45) is 4.99 Å². The summed E-state index contributed by atoms with van der Waals surface area (Å²) in [6.07, 6.45) is 0. The SMILES string of the molecule is COc1cc2c(cc1OC)C(C(=Nc1ccc([N+](=O)[O-])cc1)c1ccccc1)C(=O)N2. The molecule has 1 N–H and O–H groups in total. The Morgan fingerprint density at radius 2 is 1.65 bits per heavy atom. The molecular weight excluding hydrogens is 398 g/mol. The molecule has 1 amide bonds. The predicted octanol–water partition coefficient (Wildman–Crippen LogP) is 4.47. The van der Waals surface area contributed by atoms with Crippen LogP contribution >= 0.6 is 0 Å². The number of carbonyl (C=O) groups excluding carboxylic acids is 1. The summed E-state index contributed by atoms with van der Waals surface area (Å²) in [6.45, 7) is 0. The van der Waals surface area contributed by atoms with Crippen LogP contribution in [0.3, 0.4) is 0 Å². The van der Waals surface area contributed by atoms with Crippen LogP contribution in [0.2, 0.25) is 0 Å². The number of nitro benzene ring substituents is 1. The van der Waals surface area contributed by atoms with Gasteiger partial charge in [-0.3, -0.25) is 19.9 Å². The van der Waals surface area contributed by atoms with Gasteiger partial charge in [-0.05, 0) is 29.3 Å². The second-order valence-corrected chi connectivity index (χ2v) is 6.85. The first-order valence-corrected chi connectivity index (χ1v) is 9.47. The van der Waals surface area contributed by atoms with Gasteiger partial charge < -0.3 is 14.8 Å². The smallest absolute Gasteiger partial charge is 0.269 e. The van der Waals surface area contributed by atoms with E-state index in [0.717, 1.165) is 5.56 Å². The third kappa shape index (κ3) is 3.83. The average Bonchev–Trinajstić information content (AvgIpc) is 3.11. The van der Waals surface area contributed by atoms with Gasteiger partial charge in [0.15, 0.2) is 11.5 Å². The molecule has 0 aliphatic carbocycles. The van der Waals surface area contributed by atoms with Gasteiger partial charge in [0, 0.05) is 23.9 Å². The molecule has 156 valence electrons. The lowest BCUT2D eigenvalue weighted by molar-refractivity contribution is -0.384. The van der Waals surface area contributed by atoms with Gasteiger partial charge in [-0.15, -0.1) is 0 Å². The van der Waals surface area contributed by atoms with Crippen molar-refractivity contribution >= 4 is 28.7 Å². The van der Waals surface area contributed by atoms with E-state index in [1.807, 2.05) is 30.3 Å². The van der Waals surface area contributed by atoms with Crippen molar-refractivity contribution < 1.29 is 19.2 Å². The van der Waals surface area contributed by atoms with Gasteiger partial charge in [0.25, 0.3) is 5.69 Å². The van der Waals surface area contributed by atoms with E-state index in [1.165, 1.54) is 26.4 Å². The summed E-state index contributed by atoms with van der Waals surface area (Å²) < 4.78 is 10.8. The number of aliphatic imine (C=N–C) groups is 1. The zero-order valence-corrected chi connectivity index (χ0v) is 16.9. The third-order valence-corrected chi connectivity index (χ3v) is 5.04. The maximum Gasteiger partial charge on any atom is 0.269 e. The van der Waals surface area contributed by atoms with E-state index in [4.69, 9.17) is 14.5 Å². The standard InChI is InChI=1S/C23H19N3O5/c1-30-19-12-17-18(13-20(19)31-2)25-23(27)21(17)22(14-6-4-3-5-7-14)24-15-8-10-16(11-9-15)26(28)29/h3-13,21H,1-2H3,(H,25,27). The fourth-order valence-electron chi connectivity index (χ4n) is 3.55. The van der Waals surface area contributed by atoms with Crippen molar-refractivity contribution in [3.8, 4) is 11.5 Å². The molecule has 0 saturated heterocycles. The monoisotopic (exact) mass is 417 g/mol. The summed E-state index contributed by atoms with van der Waals surface area (Å²) >= 11 is 0. The Balaban J connectivity index is 1.86. The molecule has 4 rings (SSSR count). The van der Waals surface area contributed by atoms with Crippen molar-refractivity contribution in [2.75, 3.05) is 19.5 Å². The van der Waals surface area contributed by atoms with Crippen molar-refractivity contribution in [2.45, 2.75) is 5.92 Å². The zero-order valence-electron chi connectivity index (χ0n) is 16.9. The molecule has 0 aromatic heterocycles. The number of carbonyl (C=O) groups is 1. The van der Waals surface area contributed by atoms with Crippen LogP contribution in [0.15, 0.2) is 71.7 Å². The summed E-state index contributed by atoms with van der Waals surface area (Å²) in [5, 5.41) is 13.8. The fourth-order valence-corrected chi connectivity index (χ4v) is 3.55. The van der Waals surface area contributed by atoms with Gasteiger partial charge >= 0.3 is 0 Å². The minimum atomic E-state index is -0.688.